The molecule has 0 atom stereocenters. The first-order chi connectivity index (χ1) is 4.72. The molecule has 0 aliphatic rings. The third-order valence-electron chi connectivity index (χ3n) is 1.04. The standard InChI is InChI=1S/C6H8N2OSe/c1-4-3-5(9)8-6(7-4)10-2/h3H,1-2H3,(H,7,8,9). The number of rotatable bonds is 1. The molecule has 4 heteroatoms. The summed E-state index contributed by atoms with van der Waals surface area (Å²) in [6.07, 6.45) is 0. The van der Waals surface area contributed by atoms with Crippen molar-refractivity contribution in [2.75, 3.05) is 0 Å². The summed E-state index contributed by atoms with van der Waals surface area (Å²) in [4.78, 5) is 17.6. The molecular formula is C6H8N2OSe. The average molecular weight is 203 g/mol. The van der Waals surface area contributed by atoms with E-state index in [1.54, 1.807) is 0 Å². The summed E-state index contributed by atoms with van der Waals surface area (Å²) >= 11 is 0.283. The van der Waals surface area contributed by atoms with Crippen LogP contribution in [-0.2, 0) is 0 Å². The van der Waals surface area contributed by atoms with Crippen LogP contribution >= 0.6 is 0 Å². The molecule has 54 valence electrons. The SMILES string of the molecule is C[Se]c1nc(C)cc(=O)[nH]1. The number of hydrogen-bond acceptors (Lipinski definition) is 2. The van der Waals surface area contributed by atoms with Gasteiger partial charge in [-0.25, -0.2) is 0 Å². The average Bonchev–Trinajstić information content (AvgIpc) is 1.85. The predicted octanol–water partition coefficient (Wildman–Crippen LogP) is -0.544. The Labute approximate surface area is 65.0 Å². The zero-order valence-corrected chi connectivity index (χ0v) is 7.55. The quantitative estimate of drug-likeness (QED) is 0.623. The van der Waals surface area contributed by atoms with Crippen molar-refractivity contribution < 1.29 is 0 Å². The molecule has 0 aliphatic heterocycles. The monoisotopic (exact) mass is 204 g/mol. The van der Waals surface area contributed by atoms with Gasteiger partial charge in [-0.15, -0.1) is 0 Å². The van der Waals surface area contributed by atoms with Gasteiger partial charge in [-0.1, -0.05) is 0 Å². The van der Waals surface area contributed by atoms with E-state index in [0.29, 0.717) is 0 Å². The van der Waals surface area contributed by atoms with Crippen molar-refractivity contribution in [3.63, 3.8) is 0 Å². The maximum absolute atomic E-state index is 10.8. The van der Waals surface area contributed by atoms with Crippen molar-refractivity contribution in [2.45, 2.75) is 12.7 Å². The van der Waals surface area contributed by atoms with Crippen LogP contribution in [0.1, 0.15) is 5.69 Å². The summed E-state index contributed by atoms with van der Waals surface area (Å²) in [5.41, 5.74) is 0.744. The minimum atomic E-state index is -0.0498. The Balaban J connectivity index is 3.19. The summed E-state index contributed by atoms with van der Waals surface area (Å²) in [7, 11) is 0. The molecule has 0 saturated carbocycles. The van der Waals surface area contributed by atoms with Gasteiger partial charge in [-0.3, -0.25) is 0 Å². The van der Waals surface area contributed by atoms with E-state index in [4.69, 9.17) is 0 Å². The molecule has 1 aromatic heterocycles. The fraction of sp³-hybridized carbons (Fsp3) is 0.333. The first-order valence-electron chi connectivity index (χ1n) is 2.84. The van der Waals surface area contributed by atoms with E-state index in [-0.39, 0.29) is 20.5 Å². The normalized spacial score (nSPS) is 9.80. The van der Waals surface area contributed by atoms with E-state index in [9.17, 15) is 4.79 Å². The Hall–Kier alpha value is -0.601. The zero-order chi connectivity index (χ0) is 7.56. The van der Waals surface area contributed by atoms with Gasteiger partial charge in [0.05, 0.1) is 0 Å². The molecule has 0 spiro atoms. The van der Waals surface area contributed by atoms with E-state index >= 15 is 0 Å². The van der Waals surface area contributed by atoms with Crippen LogP contribution in [-0.4, -0.2) is 24.9 Å². The molecule has 0 radical (unpaired) electrons. The molecule has 1 heterocycles. The zero-order valence-electron chi connectivity index (χ0n) is 5.84. The van der Waals surface area contributed by atoms with Crippen LogP contribution in [0.15, 0.2) is 10.9 Å². The fourth-order valence-electron chi connectivity index (χ4n) is 0.648. The van der Waals surface area contributed by atoms with Gasteiger partial charge in [0.25, 0.3) is 0 Å². The van der Waals surface area contributed by atoms with Crippen LogP contribution in [0.4, 0.5) is 0 Å². The molecule has 0 amide bonds. The molecule has 0 unspecified atom stereocenters. The molecule has 0 aromatic carbocycles. The third kappa shape index (κ3) is 1.69. The number of nitrogens with zero attached hydrogens (tertiary/aromatic N) is 1. The van der Waals surface area contributed by atoms with Gasteiger partial charge < -0.3 is 0 Å². The van der Waals surface area contributed by atoms with Gasteiger partial charge in [-0.2, -0.15) is 0 Å². The second kappa shape index (κ2) is 2.99. The van der Waals surface area contributed by atoms with E-state index in [2.05, 4.69) is 9.97 Å². The Bertz CT molecular complexity index is 281. The molecular weight excluding hydrogens is 195 g/mol. The molecule has 3 nitrogen and oxygen atoms in total. The van der Waals surface area contributed by atoms with Crippen molar-refractivity contribution in [1.82, 2.24) is 9.97 Å². The predicted molar refractivity (Wildman–Crippen MR) is 40.8 cm³/mol. The first kappa shape index (κ1) is 7.51. The Kier molecular flexibility index (Phi) is 2.25. The van der Waals surface area contributed by atoms with Crippen molar-refractivity contribution in [1.29, 1.82) is 0 Å². The van der Waals surface area contributed by atoms with Crippen molar-refractivity contribution in [3.05, 3.63) is 22.1 Å². The second-order valence-corrected chi connectivity index (χ2v) is 3.56. The van der Waals surface area contributed by atoms with Crippen molar-refractivity contribution in [2.24, 2.45) is 0 Å². The van der Waals surface area contributed by atoms with Gasteiger partial charge in [0, 0.05) is 0 Å². The van der Waals surface area contributed by atoms with Crippen LogP contribution in [0.3, 0.4) is 0 Å². The number of aromatic nitrogens is 2. The van der Waals surface area contributed by atoms with Crippen molar-refractivity contribution >= 4 is 19.7 Å². The Morgan fingerprint density at radius 1 is 1.70 bits per heavy atom. The van der Waals surface area contributed by atoms with Gasteiger partial charge in [0.1, 0.15) is 0 Å². The molecule has 1 N–H and O–H groups in total. The molecule has 10 heavy (non-hydrogen) atoms. The first-order valence-corrected chi connectivity index (χ1v) is 5.41. The Morgan fingerprint density at radius 3 is 2.90 bits per heavy atom. The summed E-state index contributed by atoms with van der Waals surface area (Å²) in [6.45, 7) is 1.82. The van der Waals surface area contributed by atoms with Crippen LogP contribution < -0.4 is 10.3 Å². The number of H-pyrrole nitrogens is 1. The van der Waals surface area contributed by atoms with E-state index in [0.717, 1.165) is 10.4 Å². The molecule has 0 bridgehead atoms. The number of aromatic amines is 1. The molecule has 0 fully saturated rings. The topological polar surface area (TPSA) is 45.8 Å². The Morgan fingerprint density at radius 2 is 2.40 bits per heavy atom. The molecule has 0 aliphatic carbocycles. The van der Waals surface area contributed by atoms with Crippen LogP contribution in [0.25, 0.3) is 0 Å². The van der Waals surface area contributed by atoms with E-state index in [1.165, 1.54) is 6.07 Å². The van der Waals surface area contributed by atoms with Gasteiger partial charge in [0.15, 0.2) is 0 Å². The van der Waals surface area contributed by atoms with E-state index in [1.807, 2.05) is 12.7 Å². The fourth-order valence-corrected chi connectivity index (χ4v) is 1.57. The summed E-state index contributed by atoms with van der Waals surface area (Å²) in [6, 6.07) is 1.50. The maximum atomic E-state index is 10.8. The third-order valence-corrected chi connectivity index (χ3v) is 2.26. The van der Waals surface area contributed by atoms with Gasteiger partial charge in [0.2, 0.25) is 0 Å². The van der Waals surface area contributed by atoms with Crippen molar-refractivity contribution in [3.8, 4) is 0 Å². The number of nitrogens with one attached hydrogen (secondary N) is 1. The molecule has 1 aromatic rings. The summed E-state index contributed by atoms with van der Waals surface area (Å²) in [5.74, 6) is 2.02. The van der Waals surface area contributed by atoms with Crippen LogP contribution in [0.2, 0.25) is 5.82 Å². The summed E-state index contributed by atoms with van der Waals surface area (Å²) in [5, 5.41) is 0. The minimum absolute atomic E-state index is 0.0498. The molecule has 0 saturated heterocycles. The summed E-state index contributed by atoms with van der Waals surface area (Å²) < 4.78 is 0.817. The van der Waals surface area contributed by atoms with Gasteiger partial charge >= 0.3 is 64.5 Å². The van der Waals surface area contributed by atoms with Gasteiger partial charge in [-0.05, 0) is 0 Å². The van der Waals surface area contributed by atoms with E-state index < -0.39 is 0 Å². The second-order valence-electron chi connectivity index (χ2n) is 1.90. The molecule has 1 rings (SSSR count). The number of aryl methyl sites for hydroxylation is 1. The number of hydrogen-bond donors (Lipinski definition) is 1. The van der Waals surface area contributed by atoms with Crippen LogP contribution in [0.5, 0.6) is 0 Å². The van der Waals surface area contributed by atoms with Crippen LogP contribution in [0, 0.1) is 6.92 Å².